The summed E-state index contributed by atoms with van der Waals surface area (Å²) in [6, 6.07) is 0. The number of rotatable bonds is 3. The van der Waals surface area contributed by atoms with Gasteiger partial charge in [-0.05, 0) is 20.8 Å². The van der Waals surface area contributed by atoms with Crippen LogP contribution in [0.25, 0.3) is 0 Å². The van der Waals surface area contributed by atoms with E-state index in [1.165, 1.54) is 7.11 Å². The Morgan fingerprint density at radius 1 is 1.60 bits per heavy atom. The van der Waals surface area contributed by atoms with Gasteiger partial charge in [-0.2, -0.15) is 0 Å². The zero-order valence-electron chi connectivity index (χ0n) is 9.52. The van der Waals surface area contributed by atoms with Crippen molar-refractivity contribution in [3.63, 3.8) is 0 Å². The quantitative estimate of drug-likeness (QED) is 0.690. The number of hydrogen-bond donors (Lipinski definition) is 1. The van der Waals surface area contributed by atoms with Crippen LogP contribution in [0.3, 0.4) is 0 Å². The topological polar surface area (TPSA) is 65.0 Å². The van der Waals surface area contributed by atoms with Crippen LogP contribution < -0.4 is 0 Å². The van der Waals surface area contributed by atoms with Gasteiger partial charge in [-0.3, -0.25) is 4.79 Å². The average molecular weight is 218 g/mol. The lowest BCUT2D eigenvalue weighted by Gasteiger charge is -2.23. The van der Waals surface area contributed by atoms with Gasteiger partial charge in [-0.25, -0.2) is 0 Å². The summed E-state index contributed by atoms with van der Waals surface area (Å²) in [7, 11) is 1.29. The first-order valence-electron chi connectivity index (χ1n) is 4.95. The highest BCUT2D eigenvalue weighted by Crippen LogP contribution is 2.26. The molecule has 1 saturated heterocycles. The number of carbonyl (C=O) groups excluding carboxylic acids is 1. The van der Waals surface area contributed by atoms with Crippen molar-refractivity contribution in [3.05, 3.63) is 0 Å². The molecule has 1 unspecified atom stereocenters. The zero-order valence-corrected chi connectivity index (χ0v) is 9.52. The number of carbonyl (C=O) groups is 1. The van der Waals surface area contributed by atoms with E-state index in [1.807, 2.05) is 0 Å². The van der Waals surface area contributed by atoms with Gasteiger partial charge in [0.15, 0.2) is 5.79 Å². The molecule has 1 N–H and O–H groups in total. The highest BCUT2D eigenvalue weighted by atomic mass is 16.7. The molecule has 0 aromatic carbocycles. The molecule has 0 radical (unpaired) electrons. The number of aliphatic hydroxyl groups is 1. The van der Waals surface area contributed by atoms with Gasteiger partial charge in [-0.15, -0.1) is 0 Å². The van der Waals surface area contributed by atoms with E-state index in [9.17, 15) is 9.90 Å². The average Bonchev–Trinajstić information content (AvgIpc) is 2.55. The summed E-state index contributed by atoms with van der Waals surface area (Å²) >= 11 is 0. The van der Waals surface area contributed by atoms with Crippen molar-refractivity contribution in [1.82, 2.24) is 0 Å². The highest BCUT2D eigenvalue weighted by Gasteiger charge is 2.40. The molecule has 5 nitrogen and oxygen atoms in total. The lowest BCUT2D eigenvalue weighted by molar-refractivity contribution is -0.165. The first-order chi connectivity index (χ1) is 6.87. The zero-order chi connectivity index (χ0) is 11.6. The third-order valence-corrected chi connectivity index (χ3v) is 2.50. The number of hydrogen-bond acceptors (Lipinski definition) is 5. The molecule has 1 heterocycles. The van der Waals surface area contributed by atoms with Crippen LogP contribution in [0.1, 0.15) is 20.8 Å². The summed E-state index contributed by atoms with van der Waals surface area (Å²) < 4.78 is 15.3. The van der Waals surface area contributed by atoms with Crippen LogP contribution in [-0.2, 0) is 19.0 Å². The Balaban J connectivity index is 2.55. The Morgan fingerprint density at radius 3 is 2.60 bits per heavy atom. The summed E-state index contributed by atoms with van der Waals surface area (Å²) in [6.07, 6.45) is -1.38. The van der Waals surface area contributed by atoms with E-state index in [-0.39, 0.29) is 6.61 Å². The minimum atomic E-state index is -0.903. The van der Waals surface area contributed by atoms with Crippen molar-refractivity contribution in [1.29, 1.82) is 0 Å². The third kappa shape index (κ3) is 2.90. The van der Waals surface area contributed by atoms with E-state index >= 15 is 0 Å². The van der Waals surface area contributed by atoms with E-state index in [2.05, 4.69) is 4.74 Å². The molecule has 1 rings (SSSR count). The minimum absolute atomic E-state index is 0.287. The van der Waals surface area contributed by atoms with Gasteiger partial charge >= 0.3 is 5.97 Å². The Morgan fingerprint density at radius 2 is 2.20 bits per heavy atom. The smallest absolute Gasteiger partial charge is 0.311 e. The van der Waals surface area contributed by atoms with Crippen LogP contribution in [0.4, 0.5) is 0 Å². The van der Waals surface area contributed by atoms with E-state index in [0.29, 0.717) is 0 Å². The Labute approximate surface area is 89.3 Å². The summed E-state index contributed by atoms with van der Waals surface area (Å²) in [5.74, 6) is -1.75. The lowest BCUT2D eigenvalue weighted by Crippen LogP contribution is -2.39. The summed E-state index contributed by atoms with van der Waals surface area (Å²) in [6.45, 7) is 5.42. The fraction of sp³-hybridized carbons (Fsp3) is 0.900. The summed E-state index contributed by atoms with van der Waals surface area (Å²) in [4.78, 5) is 11.2. The van der Waals surface area contributed by atoms with Crippen molar-refractivity contribution < 1.29 is 24.1 Å². The van der Waals surface area contributed by atoms with E-state index in [1.54, 1.807) is 20.8 Å². The highest BCUT2D eigenvalue weighted by molar-refractivity contribution is 5.72. The molecule has 0 aromatic rings. The largest absolute Gasteiger partial charge is 0.469 e. The van der Waals surface area contributed by atoms with Crippen molar-refractivity contribution in [2.45, 2.75) is 38.8 Å². The fourth-order valence-electron chi connectivity index (χ4n) is 1.53. The van der Waals surface area contributed by atoms with Crippen LogP contribution in [-0.4, -0.2) is 42.8 Å². The van der Waals surface area contributed by atoms with Crippen LogP contribution in [0.5, 0.6) is 0 Å². The van der Waals surface area contributed by atoms with Gasteiger partial charge in [0.2, 0.25) is 0 Å². The molecule has 0 aliphatic carbocycles. The molecule has 0 saturated carbocycles. The van der Waals surface area contributed by atoms with Crippen LogP contribution >= 0.6 is 0 Å². The molecule has 0 aromatic heterocycles. The number of methoxy groups -OCH3 is 1. The number of esters is 1. The van der Waals surface area contributed by atoms with E-state index in [4.69, 9.17) is 9.47 Å². The predicted molar refractivity (Wildman–Crippen MR) is 52.1 cm³/mol. The molecule has 1 aliphatic rings. The van der Waals surface area contributed by atoms with Crippen LogP contribution in [0.15, 0.2) is 0 Å². The molecule has 5 heteroatoms. The lowest BCUT2D eigenvalue weighted by atomic mass is 10.0. The molecular formula is C10H18O5. The second kappa shape index (κ2) is 4.47. The maximum absolute atomic E-state index is 11.2. The van der Waals surface area contributed by atoms with Gasteiger partial charge in [-0.1, -0.05) is 0 Å². The standard InChI is InChI=1S/C10H18O5/c1-6(9(12)13-4)8(11)7-5-14-10(2,3)15-7/h6-8,11H,5H2,1-4H3/t6-,7?,8+/m0/s1. The molecule has 3 atom stereocenters. The Kier molecular flexibility index (Phi) is 3.70. The Hall–Kier alpha value is -0.650. The van der Waals surface area contributed by atoms with Gasteiger partial charge in [0.05, 0.1) is 25.7 Å². The molecule has 15 heavy (non-hydrogen) atoms. The first-order valence-corrected chi connectivity index (χ1v) is 4.95. The van der Waals surface area contributed by atoms with Gasteiger partial charge < -0.3 is 19.3 Å². The Bertz CT molecular complexity index is 238. The maximum Gasteiger partial charge on any atom is 0.311 e. The predicted octanol–water partition coefficient (Wildman–Crippen LogP) is 0.308. The second-order valence-corrected chi connectivity index (χ2v) is 4.17. The van der Waals surface area contributed by atoms with Crippen molar-refractivity contribution >= 4 is 5.97 Å². The van der Waals surface area contributed by atoms with Crippen molar-refractivity contribution in [2.24, 2.45) is 5.92 Å². The molecule has 0 spiro atoms. The molecular weight excluding hydrogens is 200 g/mol. The molecule has 1 fully saturated rings. The van der Waals surface area contributed by atoms with Crippen LogP contribution in [0, 0.1) is 5.92 Å². The van der Waals surface area contributed by atoms with E-state index in [0.717, 1.165) is 0 Å². The van der Waals surface area contributed by atoms with Crippen LogP contribution in [0.2, 0.25) is 0 Å². The normalized spacial score (nSPS) is 28.5. The molecule has 0 bridgehead atoms. The molecule has 88 valence electrons. The summed E-state index contributed by atoms with van der Waals surface area (Å²) in [5, 5.41) is 9.85. The summed E-state index contributed by atoms with van der Waals surface area (Å²) in [5.41, 5.74) is 0. The first kappa shape index (κ1) is 12.4. The van der Waals surface area contributed by atoms with Gasteiger partial charge in [0.25, 0.3) is 0 Å². The monoisotopic (exact) mass is 218 g/mol. The molecule has 0 amide bonds. The van der Waals surface area contributed by atoms with E-state index < -0.39 is 29.9 Å². The SMILES string of the molecule is COC(=O)[C@@H](C)[C@@H](O)C1COC(C)(C)O1. The van der Waals surface area contributed by atoms with Gasteiger partial charge in [0, 0.05) is 0 Å². The number of ether oxygens (including phenoxy) is 3. The maximum atomic E-state index is 11.2. The van der Waals surface area contributed by atoms with Crippen molar-refractivity contribution in [3.8, 4) is 0 Å². The molecule has 1 aliphatic heterocycles. The van der Waals surface area contributed by atoms with Gasteiger partial charge in [0.1, 0.15) is 6.10 Å². The van der Waals surface area contributed by atoms with Crippen molar-refractivity contribution in [2.75, 3.05) is 13.7 Å². The minimum Gasteiger partial charge on any atom is -0.469 e. The third-order valence-electron chi connectivity index (χ3n) is 2.50. The second-order valence-electron chi connectivity index (χ2n) is 4.17. The number of aliphatic hydroxyl groups excluding tert-OH is 1. The fourth-order valence-corrected chi connectivity index (χ4v) is 1.53.